The van der Waals surface area contributed by atoms with Crippen LogP contribution in [0, 0.1) is 0 Å². The van der Waals surface area contributed by atoms with E-state index in [0.717, 1.165) is 16.8 Å². The summed E-state index contributed by atoms with van der Waals surface area (Å²) >= 11 is 0. The zero-order chi connectivity index (χ0) is 25.2. The van der Waals surface area contributed by atoms with Crippen molar-refractivity contribution < 1.29 is 19.1 Å². The van der Waals surface area contributed by atoms with Crippen LogP contribution in [0.1, 0.15) is 49.1 Å². The Kier molecular flexibility index (Phi) is 6.42. The Bertz CT molecular complexity index is 1340. The van der Waals surface area contributed by atoms with Crippen LogP contribution in [-0.4, -0.2) is 24.7 Å². The van der Waals surface area contributed by atoms with E-state index in [0.29, 0.717) is 35.5 Å². The molecule has 0 saturated carbocycles. The lowest BCUT2D eigenvalue weighted by Crippen LogP contribution is -2.41. The van der Waals surface area contributed by atoms with Crippen LogP contribution in [0.3, 0.4) is 0 Å². The van der Waals surface area contributed by atoms with Gasteiger partial charge in [-0.3, -0.25) is 19.3 Å². The first-order valence-corrected chi connectivity index (χ1v) is 12.1. The molecule has 2 atom stereocenters. The van der Waals surface area contributed by atoms with Gasteiger partial charge in [0.1, 0.15) is 5.75 Å². The van der Waals surface area contributed by atoms with Crippen LogP contribution in [0.4, 0.5) is 11.4 Å². The number of carbonyl (C=O) groups excluding carboxylic acids is 3. The second-order valence-electron chi connectivity index (χ2n) is 9.26. The lowest BCUT2D eigenvalue weighted by Gasteiger charge is -2.40. The molecule has 2 amide bonds. The van der Waals surface area contributed by atoms with Crippen LogP contribution in [-0.2, 0) is 14.4 Å². The fourth-order valence-electron chi connectivity index (χ4n) is 5.41. The van der Waals surface area contributed by atoms with Gasteiger partial charge in [0.05, 0.1) is 7.11 Å². The van der Waals surface area contributed by atoms with Crippen LogP contribution in [0.25, 0.3) is 0 Å². The van der Waals surface area contributed by atoms with E-state index in [-0.39, 0.29) is 35.9 Å². The number of amides is 2. The summed E-state index contributed by atoms with van der Waals surface area (Å²) in [6, 6.07) is 24.8. The summed E-state index contributed by atoms with van der Waals surface area (Å²) in [5, 5.41) is 2.76. The number of allylic oxidation sites excluding steroid dienone is 2. The fraction of sp³-hybridized carbons (Fsp3) is 0.233. The molecule has 1 aliphatic heterocycles. The van der Waals surface area contributed by atoms with Crippen LogP contribution >= 0.6 is 0 Å². The molecule has 36 heavy (non-hydrogen) atoms. The molecular formula is C30H28N2O4. The van der Waals surface area contributed by atoms with Crippen molar-refractivity contribution >= 4 is 29.0 Å². The molecule has 2 aliphatic rings. The number of Topliss-reactive ketones (excluding diaryl/α,β-unsaturated/α-hetero) is 1. The van der Waals surface area contributed by atoms with Gasteiger partial charge in [-0.15, -0.1) is 0 Å². The zero-order valence-corrected chi connectivity index (χ0v) is 20.4. The number of anilines is 2. The Balaban J connectivity index is 1.63. The molecule has 1 heterocycles. The lowest BCUT2D eigenvalue weighted by atomic mass is 9.72. The Morgan fingerprint density at radius 2 is 1.58 bits per heavy atom. The molecule has 1 aliphatic carbocycles. The number of nitrogens with zero attached hydrogens (tertiary/aromatic N) is 1. The first-order chi connectivity index (χ1) is 17.5. The van der Waals surface area contributed by atoms with Crippen LogP contribution in [0.5, 0.6) is 5.75 Å². The summed E-state index contributed by atoms with van der Waals surface area (Å²) in [5.74, 6) is 0.135. The molecular weight excluding hydrogens is 452 g/mol. The van der Waals surface area contributed by atoms with Crippen molar-refractivity contribution in [2.24, 2.45) is 0 Å². The second kappa shape index (κ2) is 9.82. The normalized spacial score (nSPS) is 19.7. The predicted molar refractivity (Wildman–Crippen MR) is 139 cm³/mol. The van der Waals surface area contributed by atoms with E-state index in [2.05, 4.69) is 5.32 Å². The van der Waals surface area contributed by atoms with Crippen LogP contribution in [0.15, 0.2) is 90.1 Å². The zero-order valence-electron chi connectivity index (χ0n) is 20.4. The molecule has 0 fully saturated rings. The van der Waals surface area contributed by atoms with E-state index in [1.54, 1.807) is 24.1 Å². The van der Waals surface area contributed by atoms with E-state index >= 15 is 0 Å². The third-order valence-electron chi connectivity index (χ3n) is 6.96. The number of ketones is 1. The number of methoxy groups -OCH3 is 1. The Hall–Kier alpha value is -4.19. The highest BCUT2D eigenvalue weighted by atomic mass is 16.5. The predicted octanol–water partition coefficient (Wildman–Crippen LogP) is 5.57. The van der Waals surface area contributed by atoms with Gasteiger partial charge in [0.25, 0.3) is 0 Å². The van der Waals surface area contributed by atoms with Crippen molar-refractivity contribution in [3.63, 3.8) is 0 Å². The molecule has 2 unspecified atom stereocenters. The monoisotopic (exact) mass is 480 g/mol. The number of benzene rings is 3. The van der Waals surface area contributed by atoms with Crippen LogP contribution in [0.2, 0.25) is 0 Å². The Morgan fingerprint density at radius 1 is 0.889 bits per heavy atom. The molecule has 5 rings (SSSR count). The van der Waals surface area contributed by atoms with Gasteiger partial charge >= 0.3 is 0 Å². The minimum Gasteiger partial charge on any atom is -0.496 e. The van der Waals surface area contributed by atoms with Crippen molar-refractivity contribution in [2.45, 2.75) is 38.0 Å². The molecule has 0 radical (unpaired) electrons. The third kappa shape index (κ3) is 4.42. The van der Waals surface area contributed by atoms with Crippen molar-refractivity contribution in [1.29, 1.82) is 0 Å². The SMILES string of the molecule is COc1ccccc1C1CC(=O)N(c2ccc(NC(C)=O)cc2)C2=C1C(=O)CC(c1ccccc1)C2. The molecule has 182 valence electrons. The minimum atomic E-state index is -0.359. The maximum Gasteiger partial charge on any atom is 0.232 e. The Morgan fingerprint density at radius 3 is 2.28 bits per heavy atom. The van der Waals surface area contributed by atoms with Gasteiger partial charge in [0.15, 0.2) is 5.78 Å². The first-order valence-electron chi connectivity index (χ1n) is 12.1. The number of para-hydroxylation sites is 1. The largest absolute Gasteiger partial charge is 0.496 e. The number of nitrogens with one attached hydrogen (secondary N) is 1. The van der Waals surface area contributed by atoms with Gasteiger partial charge in [-0.25, -0.2) is 0 Å². The molecule has 6 nitrogen and oxygen atoms in total. The smallest absolute Gasteiger partial charge is 0.232 e. The number of hydrogen-bond acceptors (Lipinski definition) is 4. The van der Waals surface area contributed by atoms with E-state index in [4.69, 9.17) is 4.74 Å². The van der Waals surface area contributed by atoms with Crippen molar-refractivity contribution in [3.05, 3.63) is 101 Å². The van der Waals surface area contributed by atoms with E-state index in [1.807, 2.05) is 66.7 Å². The third-order valence-corrected chi connectivity index (χ3v) is 6.96. The topological polar surface area (TPSA) is 75.7 Å². The van der Waals surface area contributed by atoms with Crippen molar-refractivity contribution in [2.75, 3.05) is 17.3 Å². The van der Waals surface area contributed by atoms with Crippen LogP contribution < -0.4 is 15.0 Å². The van der Waals surface area contributed by atoms with E-state index in [1.165, 1.54) is 6.92 Å². The van der Waals surface area contributed by atoms with E-state index < -0.39 is 0 Å². The summed E-state index contributed by atoms with van der Waals surface area (Å²) in [6.07, 6.45) is 1.16. The van der Waals surface area contributed by atoms with Gasteiger partial charge < -0.3 is 10.1 Å². The highest BCUT2D eigenvalue weighted by Crippen LogP contribution is 2.48. The molecule has 3 aromatic carbocycles. The number of ether oxygens (including phenoxy) is 1. The molecule has 6 heteroatoms. The highest BCUT2D eigenvalue weighted by Gasteiger charge is 2.43. The summed E-state index contributed by atoms with van der Waals surface area (Å²) in [4.78, 5) is 40.6. The molecule has 0 spiro atoms. The lowest BCUT2D eigenvalue weighted by molar-refractivity contribution is -0.120. The fourth-order valence-corrected chi connectivity index (χ4v) is 5.41. The maximum absolute atomic E-state index is 13.8. The summed E-state index contributed by atoms with van der Waals surface area (Å²) in [6.45, 7) is 1.45. The first kappa shape index (κ1) is 23.5. The standard InChI is InChI=1S/C30H28N2O4/c1-19(33)31-22-12-14-23(15-13-22)32-26-16-21(20-8-4-3-5-9-20)17-27(34)30(26)25(18-29(32)35)24-10-6-7-11-28(24)36-2/h3-15,21,25H,16-18H2,1-2H3,(H,31,33). The number of hydrogen-bond donors (Lipinski definition) is 1. The molecule has 0 aromatic heterocycles. The molecule has 1 N–H and O–H groups in total. The minimum absolute atomic E-state index is 0.0113. The molecule has 0 saturated heterocycles. The Labute approximate surface area is 210 Å². The molecule has 0 bridgehead atoms. The van der Waals surface area contributed by atoms with Gasteiger partial charge in [0.2, 0.25) is 11.8 Å². The van der Waals surface area contributed by atoms with Gasteiger partial charge in [-0.1, -0.05) is 48.5 Å². The summed E-state index contributed by atoms with van der Waals surface area (Å²) in [5.41, 5.74) is 4.72. The van der Waals surface area contributed by atoms with Gasteiger partial charge in [-0.2, -0.15) is 0 Å². The maximum atomic E-state index is 13.8. The van der Waals surface area contributed by atoms with E-state index in [9.17, 15) is 14.4 Å². The number of carbonyl (C=O) groups is 3. The van der Waals surface area contributed by atoms with Gasteiger partial charge in [0, 0.05) is 53.9 Å². The average Bonchev–Trinajstić information content (AvgIpc) is 2.89. The van der Waals surface area contributed by atoms with Gasteiger partial charge in [-0.05, 0) is 48.2 Å². The number of rotatable bonds is 5. The quantitative estimate of drug-likeness (QED) is 0.518. The van der Waals surface area contributed by atoms with Crippen molar-refractivity contribution in [3.8, 4) is 5.75 Å². The summed E-state index contributed by atoms with van der Waals surface area (Å²) < 4.78 is 5.60. The second-order valence-corrected chi connectivity index (χ2v) is 9.26. The summed E-state index contributed by atoms with van der Waals surface area (Å²) in [7, 11) is 1.61. The highest BCUT2D eigenvalue weighted by molar-refractivity contribution is 6.08. The van der Waals surface area contributed by atoms with Crippen molar-refractivity contribution in [1.82, 2.24) is 0 Å². The molecule has 3 aromatic rings. The average molecular weight is 481 g/mol.